The molecule has 160 valence electrons. The van der Waals surface area contributed by atoms with Gasteiger partial charge in [-0.3, -0.25) is 0 Å². The summed E-state index contributed by atoms with van der Waals surface area (Å²) in [5, 5.41) is 14.4. The number of urea groups is 1. The molecule has 8 nitrogen and oxygen atoms in total. The van der Waals surface area contributed by atoms with E-state index in [9.17, 15) is 4.79 Å². The SMILES string of the molecule is COc1ccc(CNC(=O)Nc2cccc(-c3ccc(N4CCOCC4)nn3)c2)cc1. The van der Waals surface area contributed by atoms with Crippen LogP contribution in [0.4, 0.5) is 16.3 Å². The molecule has 0 bridgehead atoms. The van der Waals surface area contributed by atoms with Crippen molar-refractivity contribution in [1.82, 2.24) is 15.5 Å². The number of nitrogens with one attached hydrogen (secondary N) is 2. The lowest BCUT2D eigenvalue weighted by Crippen LogP contribution is -2.36. The van der Waals surface area contributed by atoms with Crippen LogP contribution in [-0.4, -0.2) is 49.6 Å². The average Bonchev–Trinajstić information content (AvgIpc) is 2.84. The zero-order valence-corrected chi connectivity index (χ0v) is 17.4. The molecule has 2 N–H and O–H groups in total. The first-order chi connectivity index (χ1) is 15.2. The second-order valence-corrected chi connectivity index (χ2v) is 7.11. The highest BCUT2D eigenvalue weighted by molar-refractivity contribution is 5.90. The van der Waals surface area contributed by atoms with Crippen molar-refractivity contribution in [1.29, 1.82) is 0 Å². The minimum absolute atomic E-state index is 0.276. The van der Waals surface area contributed by atoms with Gasteiger partial charge in [-0.25, -0.2) is 4.79 Å². The number of carbonyl (C=O) groups is 1. The number of ether oxygens (including phenoxy) is 2. The second kappa shape index (κ2) is 9.90. The van der Waals surface area contributed by atoms with Gasteiger partial charge in [-0.1, -0.05) is 24.3 Å². The van der Waals surface area contributed by atoms with Crippen LogP contribution in [0.1, 0.15) is 5.56 Å². The molecule has 0 aliphatic carbocycles. The number of carbonyl (C=O) groups excluding carboxylic acids is 1. The van der Waals surface area contributed by atoms with Crippen molar-refractivity contribution in [3.63, 3.8) is 0 Å². The van der Waals surface area contributed by atoms with Crippen LogP contribution < -0.4 is 20.3 Å². The van der Waals surface area contributed by atoms with Crippen LogP contribution in [-0.2, 0) is 11.3 Å². The lowest BCUT2D eigenvalue weighted by molar-refractivity contribution is 0.122. The molecule has 8 heteroatoms. The molecule has 4 rings (SSSR count). The molecule has 1 aliphatic rings. The maximum atomic E-state index is 12.3. The van der Waals surface area contributed by atoms with E-state index in [0.29, 0.717) is 25.4 Å². The Hall–Kier alpha value is -3.65. The molecule has 2 amide bonds. The van der Waals surface area contributed by atoms with Gasteiger partial charge in [0.2, 0.25) is 0 Å². The van der Waals surface area contributed by atoms with E-state index in [4.69, 9.17) is 9.47 Å². The first-order valence-electron chi connectivity index (χ1n) is 10.2. The van der Waals surface area contributed by atoms with Crippen LogP contribution in [0.5, 0.6) is 5.75 Å². The van der Waals surface area contributed by atoms with E-state index >= 15 is 0 Å². The van der Waals surface area contributed by atoms with Gasteiger partial charge in [0, 0.05) is 30.9 Å². The number of anilines is 2. The van der Waals surface area contributed by atoms with Gasteiger partial charge in [-0.2, -0.15) is 0 Å². The molecule has 1 aliphatic heterocycles. The second-order valence-electron chi connectivity index (χ2n) is 7.11. The first kappa shape index (κ1) is 20.6. The molecule has 0 atom stereocenters. The summed E-state index contributed by atoms with van der Waals surface area (Å²) < 4.78 is 10.5. The third kappa shape index (κ3) is 5.49. The maximum Gasteiger partial charge on any atom is 0.319 e. The van der Waals surface area contributed by atoms with Gasteiger partial charge in [-0.15, -0.1) is 10.2 Å². The number of aromatic nitrogens is 2. The summed E-state index contributed by atoms with van der Waals surface area (Å²) in [5.41, 5.74) is 3.30. The van der Waals surface area contributed by atoms with E-state index in [1.54, 1.807) is 7.11 Å². The zero-order valence-electron chi connectivity index (χ0n) is 17.4. The quantitative estimate of drug-likeness (QED) is 0.637. The fourth-order valence-corrected chi connectivity index (χ4v) is 3.30. The summed E-state index contributed by atoms with van der Waals surface area (Å²) in [5.74, 6) is 1.63. The molecular weight excluding hydrogens is 394 g/mol. The molecule has 0 unspecified atom stereocenters. The monoisotopic (exact) mass is 419 g/mol. The van der Waals surface area contributed by atoms with Crippen LogP contribution in [0.3, 0.4) is 0 Å². The highest BCUT2D eigenvalue weighted by atomic mass is 16.5. The van der Waals surface area contributed by atoms with Gasteiger partial charge in [-0.05, 0) is 42.0 Å². The van der Waals surface area contributed by atoms with Crippen molar-refractivity contribution < 1.29 is 14.3 Å². The van der Waals surface area contributed by atoms with Crippen LogP contribution in [0.2, 0.25) is 0 Å². The van der Waals surface area contributed by atoms with Gasteiger partial charge in [0.1, 0.15) is 5.75 Å². The van der Waals surface area contributed by atoms with E-state index in [-0.39, 0.29) is 6.03 Å². The molecule has 0 saturated carbocycles. The molecule has 2 aromatic carbocycles. The fraction of sp³-hybridized carbons (Fsp3) is 0.261. The van der Waals surface area contributed by atoms with Crippen molar-refractivity contribution >= 4 is 17.5 Å². The first-order valence-corrected chi connectivity index (χ1v) is 10.2. The van der Waals surface area contributed by atoms with E-state index in [0.717, 1.165) is 41.5 Å². The van der Waals surface area contributed by atoms with Gasteiger partial charge >= 0.3 is 6.03 Å². The third-order valence-electron chi connectivity index (χ3n) is 5.01. The molecule has 31 heavy (non-hydrogen) atoms. The number of hydrogen-bond acceptors (Lipinski definition) is 6. The minimum atomic E-state index is -0.276. The van der Waals surface area contributed by atoms with Crippen LogP contribution in [0, 0.1) is 0 Å². The van der Waals surface area contributed by atoms with Crippen LogP contribution in [0.25, 0.3) is 11.3 Å². The molecule has 0 spiro atoms. The highest BCUT2D eigenvalue weighted by Crippen LogP contribution is 2.22. The number of benzene rings is 2. The normalized spacial score (nSPS) is 13.5. The van der Waals surface area contributed by atoms with Crippen LogP contribution in [0.15, 0.2) is 60.7 Å². The molecular formula is C23H25N5O3. The summed E-state index contributed by atoms with van der Waals surface area (Å²) >= 11 is 0. The molecule has 3 aromatic rings. The molecule has 2 heterocycles. The van der Waals surface area contributed by atoms with Crippen molar-refractivity contribution in [2.75, 3.05) is 43.6 Å². The van der Waals surface area contributed by atoms with Gasteiger partial charge < -0.3 is 25.0 Å². The Morgan fingerprint density at radius 3 is 2.58 bits per heavy atom. The number of methoxy groups -OCH3 is 1. The Morgan fingerprint density at radius 1 is 1.06 bits per heavy atom. The maximum absolute atomic E-state index is 12.3. The summed E-state index contributed by atoms with van der Waals surface area (Å²) in [6, 6.07) is 18.7. The highest BCUT2D eigenvalue weighted by Gasteiger charge is 2.13. The van der Waals surface area contributed by atoms with E-state index in [1.807, 2.05) is 60.7 Å². The largest absolute Gasteiger partial charge is 0.497 e. The summed E-state index contributed by atoms with van der Waals surface area (Å²) in [6.45, 7) is 3.47. The number of morpholine rings is 1. The van der Waals surface area contributed by atoms with Gasteiger partial charge in [0.05, 0.1) is 26.0 Å². The summed E-state index contributed by atoms with van der Waals surface area (Å²) in [4.78, 5) is 14.4. The fourth-order valence-electron chi connectivity index (χ4n) is 3.30. The Kier molecular flexibility index (Phi) is 6.59. The van der Waals surface area contributed by atoms with E-state index in [2.05, 4.69) is 25.7 Å². The van der Waals surface area contributed by atoms with Crippen molar-refractivity contribution in [2.24, 2.45) is 0 Å². The van der Waals surface area contributed by atoms with Gasteiger partial charge in [0.15, 0.2) is 5.82 Å². The molecule has 1 saturated heterocycles. The molecule has 1 fully saturated rings. The number of nitrogens with zero attached hydrogens (tertiary/aromatic N) is 3. The minimum Gasteiger partial charge on any atom is -0.497 e. The Bertz CT molecular complexity index is 1000. The smallest absolute Gasteiger partial charge is 0.319 e. The Morgan fingerprint density at radius 2 is 1.87 bits per heavy atom. The Balaban J connectivity index is 1.35. The number of hydrogen-bond donors (Lipinski definition) is 2. The summed E-state index contributed by atoms with van der Waals surface area (Å²) in [7, 11) is 1.62. The van der Waals surface area contributed by atoms with Crippen LogP contribution >= 0.6 is 0 Å². The Labute approximate surface area is 181 Å². The van der Waals surface area contributed by atoms with E-state index in [1.165, 1.54) is 0 Å². The van der Waals surface area contributed by atoms with E-state index < -0.39 is 0 Å². The van der Waals surface area contributed by atoms with Crippen molar-refractivity contribution in [3.8, 4) is 17.0 Å². The standard InChI is InChI=1S/C23H25N5O3/c1-30-20-7-5-17(6-8-20)16-24-23(29)25-19-4-2-3-18(15-19)21-9-10-22(27-26-21)28-11-13-31-14-12-28/h2-10,15H,11-14,16H2,1H3,(H2,24,25,29). The zero-order chi connectivity index (χ0) is 21.5. The predicted molar refractivity (Wildman–Crippen MR) is 119 cm³/mol. The topological polar surface area (TPSA) is 88.6 Å². The summed E-state index contributed by atoms with van der Waals surface area (Å²) in [6.07, 6.45) is 0. The molecule has 0 radical (unpaired) electrons. The lowest BCUT2D eigenvalue weighted by atomic mass is 10.1. The van der Waals surface area contributed by atoms with Crippen molar-refractivity contribution in [2.45, 2.75) is 6.54 Å². The van der Waals surface area contributed by atoms with Gasteiger partial charge in [0.25, 0.3) is 0 Å². The average molecular weight is 419 g/mol. The number of rotatable bonds is 6. The predicted octanol–water partition coefficient (Wildman–Crippen LogP) is 3.31. The van der Waals surface area contributed by atoms with Crippen molar-refractivity contribution in [3.05, 3.63) is 66.2 Å². The molecule has 1 aromatic heterocycles. The lowest BCUT2D eigenvalue weighted by Gasteiger charge is -2.27. The number of amides is 2. The third-order valence-corrected chi connectivity index (χ3v) is 5.01.